The third kappa shape index (κ3) is 0.783. The first-order chi connectivity index (χ1) is 4.86. The molecule has 1 nitrogen and oxygen atoms in total. The molecule has 0 bridgehead atoms. The normalized spacial score (nSPS) is 14.5. The van der Waals surface area contributed by atoms with Gasteiger partial charge in [0.15, 0.2) is 0 Å². The van der Waals surface area contributed by atoms with Crippen molar-refractivity contribution in [1.29, 1.82) is 0 Å². The monoisotopic (exact) mass is 134 g/mol. The molecule has 1 heterocycles. The van der Waals surface area contributed by atoms with Crippen molar-refractivity contribution < 1.29 is 4.74 Å². The highest BCUT2D eigenvalue weighted by molar-refractivity contribution is 5.39. The summed E-state index contributed by atoms with van der Waals surface area (Å²) in [5, 5.41) is 0. The van der Waals surface area contributed by atoms with Crippen molar-refractivity contribution in [2.75, 3.05) is 6.61 Å². The van der Waals surface area contributed by atoms with E-state index in [1.807, 2.05) is 0 Å². The zero-order valence-electron chi connectivity index (χ0n) is 6.05. The minimum atomic E-state index is 0.860. The van der Waals surface area contributed by atoms with Gasteiger partial charge in [0, 0.05) is 6.42 Å². The maximum Gasteiger partial charge on any atom is 0.122 e. The summed E-state index contributed by atoms with van der Waals surface area (Å²) in [6, 6.07) is 6.34. The molecule has 1 aromatic rings. The first-order valence-corrected chi connectivity index (χ1v) is 3.58. The van der Waals surface area contributed by atoms with Gasteiger partial charge in [-0.1, -0.05) is 17.7 Å². The molecule has 0 unspecified atom stereocenters. The van der Waals surface area contributed by atoms with Crippen molar-refractivity contribution in [3.8, 4) is 5.75 Å². The Balaban J connectivity index is 2.52. The van der Waals surface area contributed by atoms with Gasteiger partial charge in [0.25, 0.3) is 0 Å². The summed E-state index contributed by atoms with van der Waals surface area (Å²) in [4.78, 5) is 0. The molecular weight excluding hydrogens is 124 g/mol. The maximum absolute atomic E-state index is 5.35. The van der Waals surface area contributed by atoms with Crippen molar-refractivity contribution >= 4 is 0 Å². The summed E-state index contributed by atoms with van der Waals surface area (Å²) in [5.41, 5.74) is 2.68. The number of benzene rings is 1. The predicted molar refractivity (Wildman–Crippen MR) is 40.4 cm³/mol. The lowest BCUT2D eigenvalue weighted by Gasteiger charge is -1.97. The van der Waals surface area contributed by atoms with Crippen molar-refractivity contribution in [2.45, 2.75) is 13.3 Å². The van der Waals surface area contributed by atoms with Gasteiger partial charge in [0.1, 0.15) is 5.75 Å². The molecule has 0 spiro atoms. The maximum atomic E-state index is 5.35. The number of ether oxygens (including phenoxy) is 1. The number of hydrogen-bond donors (Lipinski definition) is 0. The van der Waals surface area contributed by atoms with Gasteiger partial charge < -0.3 is 4.74 Å². The van der Waals surface area contributed by atoms with Gasteiger partial charge in [-0.25, -0.2) is 0 Å². The fraction of sp³-hybridized carbons (Fsp3) is 0.333. The molecule has 1 aliphatic heterocycles. The molecule has 0 saturated heterocycles. The van der Waals surface area contributed by atoms with Gasteiger partial charge in [-0.2, -0.15) is 0 Å². The topological polar surface area (TPSA) is 9.23 Å². The smallest absolute Gasteiger partial charge is 0.122 e. The zero-order chi connectivity index (χ0) is 6.97. The predicted octanol–water partition coefficient (Wildman–Crippen LogP) is 1.93. The molecule has 0 amide bonds. The Morgan fingerprint density at radius 1 is 1.40 bits per heavy atom. The Bertz CT molecular complexity index is 253. The molecule has 0 N–H and O–H groups in total. The summed E-state index contributed by atoms with van der Waals surface area (Å²) in [7, 11) is 0. The van der Waals surface area contributed by atoms with E-state index in [9.17, 15) is 0 Å². The Hall–Kier alpha value is -0.980. The van der Waals surface area contributed by atoms with Crippen LogP contribution in [0.4, 0.5) is 0 Å². The van der Waals surface area contributed by atoms with E-state index in [0.29, 0.717) is 0 Å². The largest absolute Gasteiger partial charge is 0.493 e. The van der Waals surface area contributed by atoms with Gasteiger partial charge in [-0.15, -0.1) is 0 Å². The Kier molecular flexibility index (Phi) is 1.16. The molecular formula is C9H10O. The van der Waals surface area contributed by atoms with Gasteiger partial charge in [0.2, 0.25) is 0 Å². The average molecular weight is 134 g/mol. The second-order valence-corrected chi connectivity index (χ2v) is 2.71. The summed E-state index contributed by atoms with van der Waals surface area (Å²) in [5.74, 6) is 1.07. The lowest BCUT2D eigenvalue weighted by atomic mass is 10.1. The molecule has 0 saturated carbocycles. The van der Waals surface area contributed by atoms with Gasteiger partial charge in [-0.05, 0) is 18.6 Å². The lowest BCUT2D eigenvalue weighted by molar-refractivity contribution is 0.357. The highest BCUT2D eigenvalue weighted by Crippen LogP contribution is 2.25. The van der Waals surface area contributed by atoms with E-state index in [0.717, 1.165) is 18.8 Å². The van der Waals surface area contributed by atoms with Gasteiger partial charge in [-0.3, -0.25) is 0 Å². The van der Waals surface area contributed by atoms with Crippen LogP contribution in [-0.2, 0) is 6.42 Å². The van der Waals surface area contributed by atoms with E-state index in [1.54, 1.807) is 0 Å². The lowest BCUT2D eigenvalue weighted by Crippen LogP contribution is -1.85. The van der Waals surface area contributed by atoms with E-state index < -0.39 is 0 Å². The molecule has 2 rings (SSSR count). The Morgan fingerprint density at radius 2 is 2.30 bits per heavy atom. The Morgan fingerprint density at radius 3 is 3.20 bits per heavy atom. The van der Waals surface area contributed by atoms with Crippen LogP contribution in [-0.4, -0.2) is 6.61 Å². The molecule has 1 aliphatic rings. The Labute approximate surface area is 60.6 Å². The van der Waals surface area contributed by atoms with E-state index >= 15 is 0 Å². The van der Waals surface area contributed by atoms with Crippen LogP contribution in [0.25, 0.3) is 0 Å². The average Bonchev–Trinajstić information content (AvgIpc) is 2.33. The third-order valence-electron chi connectivity index (χ3n) is 1.84. The molecule has 0 aromatic heterocycles. The number of aryl methyl sites for hydroxylation is 1. The van der Waals surface area contributed by atoms with Crippen LogP contribution in [0.2, 0.25) is 0 Å². The van der Waals surface area contributed by atoms with Crippen molar-refractivity contribution in [3.63, 3.8) is 0 Å². The first-order valence-electron chi connectivity index (χ1n) is 3.58. The van der Waals surface area contributed by atoms with Crippen LogP contribution < -0.4 is 4.74 Å². The molecule has 0 aliphatic carbocycles. The number of fused-ring (bicyclic) bond motifs is 1. The summed E-state index contributed by atoms with van der Waals surface area (Å²) in [6.45, 7) is 2.97. The van der Waals surface area contributed by atoms with Crippen LogP contribution in [0, 0.1) is 6.92 Å². The van der Waals surface area contributed by atoms with Gasteiger partial charge >= 0.3 is 0 Å². The van der Waals surface area contributed by atoms with E-state index in [-0.39, 0.29) is 0 Å². The van der Waals surface area contributed by atoms with Crippen molar-refractivity contribution in [1.82, 2.24) is 0 Å². The van der Waals surface area contributed by atoms with Crippen LogP contribution in [0.15, 0.2) is 18.2 Å². The van der Waals surface area contributed by atoms with E-state index in [4.69, 9.17) is 4.74 Å². The van der Waals surface area contributed by atoms with Gasteiger partial charge in [0.05, 0.1) is 6.61 Å². The number of rotatable bonds is 0. The zero-order valence-corrected chi connectivity index (χ0v) is 6.05. The summed E-state index contributed by atoms with van der Waals surface area (Å²) < 4.78 is 5.35. The molecule has 1 heteroatoms. The van der Waals surface area contributed by atoms with Crippen LogP contribution in [0.3, 0.4) is 0 Å². The van der Waals surface area contributed by atoms with E-state index in [2.05, 4.69) is 25.1 Å². The molecule has 52 valence electrons. The third-order valence-corrected chi connectivity index (χ3v) is 1.84. The minimum Gasteiger partial charge on any atom is -0.493 e. The molecule has 0 radical (unpaired) electrons. The highest BCUT2D eigenvalue weighted by Gasteiger charge is 2.09. The van der Waals surface area contributed by atoms with Crippen molar-refractivity contribution in [2.24, 2.45) is 0 Å². The fourth-order valence-electron chi connectivity index (χ4n) is 1.32. The second-order valence-electron chi connectivity index (χ2n) is 2.71. The second kappa shape index (κ2) is 2.01. The summed E-state index contributed by atoms with van der Waals surface area (Å²) in [6.07, 6.45) is 1.08. The standard InChI is InChI=1S/C9H10O/c1-7-2-3-9-8(6-7)4-5-10-9/h2-3,6H,4-5H2,1H3. The summed E-state index contributed by atoms with van der Waals surface area (Å²) >= 11 is 0. The molecule has 10 heavy (non-hydrogen) atoms. The molecule has 0 atom stereocenters. The van der Waals surface area contributed by atoms with Crippen LogP contribution >= 0.6 is 0 Å². The highest BCUT2D eigenvalue weighted by atomic mass is 16.5. The molecule has 0 fully saturated rings. The first kappa shape index (κ1) is 5.78. The molecule has 1 aromatic carbocycles. The van der Waals surface area contributed by atoms with Crippen molar-refractivity contribution in [3.05, 3.63) is 29.3 Å². The fourth-order valence-corrected chi connectivity index (χ4v) is 1.32. The quantitative estimate of drug-likeness (QED) is 0.526. The van der Waals surface area contributed by atoms with Crippen LogP contribution in [0.1, 0.15) is 11.1 Å². The SMILES string of the molecule is Cc1ccc2c(c1)CCO2. The van der Waals surface area contributed by atoms with Crippen LogP contribution in [0.5, 0.6) is 5.75 Å². The van der Waals surface area contributed by atoms with E-state index in [1.165, 1.54) is 11.1 Å². The number of hydrogen-bond acceptors (Lipinski definition) is 1. The minimum absolute atomic E-state index is 0.860.